The van der Waals surface area contributed by atoms with Crippen LogP contribution in [0.5, 0.6) is 0 Å². The quantitative estimate of drug-likeness (QED) is 0.327. The van der Waals surface area contributed by atoms with Gasteiger partial charge in [0, 0.05) is 45.0 Å². The fourth-order valence-electron chi connectivity index (χ4n) is 4.44. The first-order valence-corrected chi connectivity index (χ1v) is 11.0. The van der Waals surface area contributed by atoms with E-state index >= 15 is 0 Å². The lowest BCUT2D eigenvalue weighted by Crippen LogP contribution is -2.06. The Kier molecular flexibility index (Phi) is 5.92. The van der Waals surface area contributed by atoms with Crippen LogP contribution in [0.15, 0.2) is 48.5 Å². The Morgan fingerprint density at radius 3 is 2.48 bits per heavy atom. The SMILES string of the molecule is CCCCn1c(C)c(C(=O)OC)c(-c2c(-c3ccccc3)[nH]c3ccc(Cl)cc23)c1C. The number of halogens is 1. The van der Waals surface area contributed by atoms with Crippen LogP contribution in [0.1, 0.15) is 41.5 Å². The van der Waals surface area contributed by atoms with Crippen LogP contribution in [0, 0.1) is 13.8 Å². The van der Waals surface area contributed by atoms with Crippen molar-refractivity contribution in [1.82, 2.24) is 9.55 Å². The summed E-state index contributed by atoms with van der Waals surface area (Å²) in [6, 6.07) is 16.0. The highest BCUT2D eigenvalue weighted by atomic mass is 35.5. The van der Waals surface area contributed by atoms with Crippen molar-refractivity contribution in [2.24, 2.45) is 0 Å². The number of hydrogen-bond donors (Lipinski definition) is 1. The smallest absolute Gasteiger partial charge is 0.340 e. The molecule has 0 fully saturated rings. The van der Waals surface area contributed by atoms with Gasteiger partial charge in [-0.1, -0.05) is 55.3 Å². The monoisotopic (exact) mass is 434 g/mol. The number of methoxy groups -OCH3 is 1. The molecule has 0 atom stereocenters. The molecule has 0 spiro atoms. The topological polar surface area (TPSA) is 47.0 Å². The maximum absolute atomic E-state index is 13.0. The van der Waals surface area contributed by atoms with Gasteiger partial charge in [-0.05, 0) is 44.0 Å². The summed E-state index contributed by atoms with van der Waals surface area (Å²) >= 11 is 6.40. The number of carbonyl (C=O) groups excluding carboxylic acids is 1. The second-order valence-corrected chi connectivity index (χ2v) is 8.28. The Hall–Kier alpha value is -2.98. The van der Waals surface area contributed by atoms with Crippen LogP contribution in [0.4, 0.5) is 0 Å². The van der Waals surface area contributed by atoms with E-state index in [1.807, 2.05) is 43.3 Å². The second-order valence-electron chi connectivity index (χ2n) is 7.85. The van der Waals surface area contributed by atoms with Crippen molar-refractivity contribution in [3.8, 4) is 22.4 Å². The van der Waals surface area contributed by atoms with Gasteiger partial charge >= 0.3 is 5.97 Å². The number of rotatable bonds is 6. The van der Waals surface area contributed by atoms with Crippen LogP contribution in [-0.2, 0) is 11.3 Å². The molecule has 4 aromatic rings. The molecule has 0 unspecified atom stereocenters. The first-order valence-electron chi connectivity index (χ1n) is 10.6. The average Bonchev–Trinajstić information content (AvgIpc) is 3.26. The zero-order valence-electron chi connectivity index (χ0n) is 18.4. The van der Waals surface area contributed by atoms with E-state index in [2.05, 4.69) is 35.5 Å². The van der Waals surface area contributed by atoms with E-state index in [0.29, 0.717) is 10.6 Å². The van der Waals surface area contributed by atoms with E-state index in [1.54, 1.807) is 0 Å². The molecule has 5 heteroatoms. The highest BCUT2D eigenvalue weighted by molar-refractivity contribution is 6.31. The summed E-state index contributed by atoms with van der Waals surface area (Å²) in [5.74, 6) is -0.318. The summed E-state index contributed by atoms with van der Waals surface area (Å²) in [6.45, 7) is 7.12. The first kappa shape index (κ1) is 21.3. The number of nitrogens with one attached hydrogen (secondary N) is 1. The van der Waals surface area contributed by atoms with Gasteiger partial charge in [-0.2, -0.15) is 0 Å². The van der Waals surface area contributed by atoms with Gasteiger partial charge in [0.15, 0.2) is 0 Å². The molecule has 4 rings (SSSR count). The van der Waals surface area contributed by atoms with Crippen LogP contribution in [0.25, 0.3) is 33.3 Å². The standard InChI is InChI=1S/C26H27ClN2O2/c1-5-6-14-29-16(2)22(23(17(29)3)26(30)31-4)24-20-15-19(27)12-13-21(20)28-25(24)18-10-8-7-9-11-18/h7-13,15,28H,5-6,14H2,1-4H3. The van der Waals surface area contributed by atoms with Crippen LogP contribution in [0.3, 0.4) is 0 Å². The highest BCUT2D eigenvalue weighted by Crippen LogP contribution is 2.44. The molecule has 0 aliphatic heterocycles. The molecule has 0 aliphatic rings. The predicted octanol–water partition coefficient (Wildman–Crippen LogP) is 7.16. The number of fused-ring (bicyclic) bond motifs is 1. The summed E-state index contributed by atoms with van der Waals surface area (Å²) < 4.78 is 7.46. The van der Waals surface area contributed by atoms with E-state index in [0.717, 1.165) is 64.1 Å². The van der Waals surface area contributed by atoms with Crippen molar-refractivity contribution in [2.45, 2.75) is 40.2 Å². The number of benzene rings is 2. The Labute approximate surface area is 187 Å². The van der Waals surface area contributed by atoms with Gasteiger partial charge in [0.1, 0.15) is 0 Å². The van der Waals surface area contributed by atoms with E-state index in [9.17, 15) is 4.79 Å². The van der Waals surface area contributed by atoms with Crippen molar-refractivity contribution in [3.63, 3.8) is 0 Å². The number of ether oxygens (including phenoxy) is 1. The van der Waals surface area contributed by atoms with Gasteiger partial charge in [-0.25, -0.2) is 4.79 Å². The number of aromatic amines is 1. The third-order valence-corrected chi connectivity index (χ3v) is 6.22. The average molecular weight is 435 g/mol. The number of nitrogens with zero attached hydrogens (tertiary/aromatic N) is 1. The van der Waals surface area contributed by atoms with Gasteiger partial charge in [-0.15, -0.1) is 0 Å². The molecule has 0 aliphatic carbocycles. The summed E-state index contributed by atoms with van der Waals surface area (Å²) in [4.78, 5) is 16.5. The largest absolute Gasteiger partial charge is 0.465 e. The fourth-order valence-corrected chi connectivity index (χ4v) is 4.61. The molecule has 0 saturated heterocycles. The summed E-state index contributed by atoms with van der Waals surface area (Å²) in [5, 5.41) is 1.65. The molecule has 1 N–H and O–H groups in total. The van der Waals surface area contributed by atoms with Crippen LogP contribution in [0.2, 0.25) is 5.02 Å². The molecule has 2 aromatic carbocycles. The van der Waals surface area contributed by atoms with Gasteiger partial charge in [0.2, 0.25) is 0 Å². The molecule has 2 heterocycles. The Morgan fingerprint density at radius 1 is 1.06 bits per heavy atom. The minimum absolute atomic E-state index is 0.318. The van der Waals surface area contributed by atoms with Crippen LogP contribution in [-0.4, -0.2) is 22.6 Å². The predicted molar refractivity (Wildman–Crippen MR) is 128 cm³/mol. The normalized spacial score (nSPS) is 11.3. The number of carbonyl (C=O) groups is 1. The van der Waals surface area contributed by atoms with Crippen molar-refractivity contribution < 1.29 is 9.53 Å². The van der Waals surface area contributed by atoms with Gasteiger partial charge in [0.25, 0.3) is 0 Å². The lowest BCUT2D eigenvalue weighted by atomic mass is 9.95. The van der Waals surface area contributed by atoms with Gasteiger partial charge in [0.05, 0.1) is 18.4 Å². The summed E-state index contributed by atoms with van der Waals surface area (Å²) in [6.07, 6.45) is 2.12. The molecule has 4 nitrogen and oxygen atoms in total. The van der Waals surface area contributed by atoms with Crippen LogP contribution >= 0.6 is 11.6 Å². The lowest BCUT2D eigenvalue weighted by Gasteiger charge is -2.10. The third kappa shape index (κ3) is 3.66. The molecule has 0 saturated carbocycles. The number of H-pyrrole nitrogens is 1. The molecular formula is C26H27ClN2O2. The van der Waals surface area contributed by atoms with Crippen LogP contribution < -0.4 is 0 Å². The van der Waals surface area contributed by atoms with Gasteiger partial charge < -0.3 is 14.3 Å². The van der Waals surface area contributed by atoms with E-state index < -0.39 is 0 Å². The summed E-state index contributed by atoms with van der Waals surface area (Å²) in [5.41, 5.74) is 7.51. The molecule has 160 valence electrons. The van der Waals surface area contributed by atoms with Gasteiger partial charge in [-0.3, -0.25) is 0 Å². The summed E-state index contributed by atoms with van der Waals surface area (Å²) in [7, 11) is 1.44. The number of unbranched alkanes of at least 4 members (excludes halogenated alkanes) is 1. The third-order valence-electron chi connectivity index (χ3n) is 5.98. The van der Waals surface area contributed by atoms with E-state index in [-0.39, 0.29) is 5.97 Å². The maximum atomic E-state index is 13.0. The van der Waals surface area contributed by atoms with E-state index in [4.69, 9.17) is 16.3 Å². The van der Waals surface area contributed by atoms with Crippen molar-refractivity contribution in [2.75, 3.05) is 7.11 Å². The van der Waals surface area contributed by atoms with Crippen molar-refractivity contribution >= 4 is 28.5 Å². The fraction of sp³-hybridized carbons (Fsp3) is 0.269. The Bertz CT molecular complexity index is 1250. The number of hydrogen-bond acceptors (Lipinski definition) is 2. The Balaban J connectivity index is 2.11. The maximum Gasteiger partial charge on any atom is 0.340 e. The molecule has 0 bridgehead atoms. The first-order chi connectivity index (χ1) is 15.0. The molecule has 0 radical (unpaired) electrons. The molecule has 2 aromatic heterocycles. The Morgan fingerprint density at radius 2 is 1.81 bits per heavy atom. The second kappa shape index (κ2) is 8.64. The molecule has 0 amide bonds. The zero-order valence-corrected chi connectivity index (χ0v) is 19.1. The minimum Gasteiger partial charge on any atom is -0.465 e. The number of aromatic nitrogens is 2. The zero-order chi connectivity index (χ0) is 22.1. The minimum atomic E-state index is -0.318. The van der Waals surface area contributed by atoms with Crippen molar-refractivity contribution in [3.05, 3.63) is 70.5 Å². The molecule has 31 heavy (non-hydrogen) atoms. The lowest BCUT2D eigenvalue weighted by molar-refractivity contribution is 0.0600. The molecular weight excluding hydrogens is 408 g/mol. The van der Waals surface area contributed by atoms with Crippen molar-refractivity contribution in [1.29, 1.82) is 0 Å². The highest BCUT2D eigenvalue weighted by Gasteiger charge is 2.28. The number of esters is 1. The van der Waals surface area contributed by atoms with E-state index in [1.165, 1.54) is 7.11 Å².